The molecule has 0 spiro atoms. The van der Waals surface area contributed by atoms with Gasteiger partial charge in [0.25, 0.3) is 0 Å². The number of esters is 1. The molecule has 3 rings (SSSR count). The molecule has 1 heterocycles. The third-order valence-electron chi connectivity index (χ3n) is 5.89. The molecule has 2 atom stereocenters. The Morgan fingerprint density at radius 3 is 2.50 bits per heavy atom. The van der Waals surface area contributed by atoms with Crippen LogP contribution in [-0.4, -0.2) is 49.9 Å². The maximum atomic E-state index is 12.4. The van der Waals surface area contributed by atoms with E-state index in [4.69, 9.17) is 14.2 Å². The quantitative estimate of drug-likeness (QED) is 0.162. The maximum Gasteiger partial charge on any atom is 0.337 e. The van der Waals surface area contributed by atoms with Crippen molar-refractivity contribution in [1.82, 2.24) is 16.1 Å². The number of aliphatic hydroxyl groups is 1. The van der Waals surface area contributed by atoms with Crippen LogP contribution < -0.4 is 25.5 Å². The highest BCUT2D eigenvalue weighted by Gasteiger charge is 2.32. The van der Waals surface area contributed by atoms with Crippen LogP contribution in [-0.2, 0) is 14.9 Å². The van der Waals surface area contributed by atoms with Crippen molar-refractivity contribution in [2.45, 2.75) is 52.3 Å². The van der Waals surface area contributed by atoms with Crippen LogP contribution in [0.15, 0.2) is 58.8 Å². The molecule has 2 aromatic rings. The number of carbonyl (C=O) groups is 2. The number of hydrogen-bond acceptors (Lipinski definition) is 8. The van der Waals surface area contributed by atoms with Crippen molar-refractivity contribution in [3.05, 3.63) is 70.4 Å². The number of hydrogen-bond donors (Lipinski definition) is 4. The minimum atomic E-state index is -1.07. The molecule has 0 saturated carbocycles. The van der Waals surface area contributed by atoms with Crippen LogP contribution in [0.4, 0.5) is 4.79 Å². The number of nitrogens with zero attached hydrogens (tertiary/aromatic N) is 1. The van der Waals surface area contributed by atoms with Gasteiger partial charge in [0, 0.05) is 5.70 Å². The topological polar surface area (TPSA) is 131 Å². The number of hydrazone groups is 1. The highest BCUT2D eigenvalue weighted by atomic mass is 16.5. The summed E-state index contributed by atoms with van der Waals surface area (Å²) in [4.78, 5) is 24.5. The van der Waals surface area contributed by atoms with E-state index in [-0.39, 0.29) is 17.6 Å². The zero-order valence-corrected chi connectivity index (χ0v) is 22.6. The zero-order valence-electron chi connectivity index (χ0n) is 22.6. The maximum absolute atomic E-state index is 12.4. The lowest BCUT2D eigenvalue weighted by atomic mass is 9.87. The molecule has 0 unspecified atom stereocenters. The number of ether oxygens (including phenoxy) is 3. The Bertz CT molecular complexity index is 1200. The normalized spacial score (nSPS) is 16.5. The van der Waals surface area contributed by atoms with Gasteiger partial charge in [0.2, 0.25) is 0 Å². The first-order chi connectivity index (χ1) is 18.0. The van der Waals surface area contributed by atoms with Gasteiger partial charge in [0.15, 0.2) is 17.7 Å². The van der Waals surface area contributed by atoms with Crippen LogP contribution in [0.25, 0.3) is 0 Å². The van der Waals surface area contributed by atoms with Crippen molar-refractivity contribution in [2.75, 3.05) is 20.3 Å². The molecule has 4 N–H and O–H groups in total. The second-order valence-corrected chi connectivity index (χ2v) is 9.79. The summed E-state index contributed by atoms with van der Waals surface area (Å²) < 4.78 is 16.4. The van der Waals surface area contributed by atoms with Crippen molar-refractivity contribution >= 4 is 18.2 Å². The molecule has 0 saturated heterocycles. The van der Waals surface area contributed by atoms with Crippen molar-refractivity contribution < 1.29 is 28.9 Å². The van der Waals surface area contributed by atoms with Gasteiger partial charge in [-0.25, -0.2) is 9.59 Å². The summed E-state index contributed by atoms with van der Waals surface area (Å²) in [6.45, 7) is 10.2. The Kier molecular flexibility index (Phi) is 9.35. The molecule has 1 aliphatic heterocycles. The molecule has 2 aromatic carbocycles. The average Bonchev–Trinajstić information content (AvgIpc) is 2.87. The number of amides is 2. The number of carbonyl (C=O) groups excluding carboxylic acids is 2. The molecular weight excluding hydrogens is 488 g/mol. The van der Waals surface area contributed by atoms with E-state index in [0.717, 1.165) is 5.56 Å². The van der Waals surface area contributed by atoms with Gasteiger partial charge < -0.3 is 30.0 Å². The average molecular weight is 525 g/mol. The molecule has 0 radical (unpaired) electrons. The van der Waals surface area contributed by atoms with Gasteiger partial charge in [0.1, 0.15) is 6.61 Å². The van der Waals surface area contributed by atoms with Crippen LogP contribution in [0.2, 0.25) is 0 Å². The van der Waals surface area contributed by atoms with E-state index in [9.17, 15) is 14.7 Å². The van der Waals surface area contributed by atoms with Crippen LogP contribution in [0, 0.1) is 0 Å². The van der Waals surface area contributed by atoms with E-state index in [1.54, 1.807) is 31.3 Å². The summed E-state index contributed by atoms with van der Waals surface area (Å²) in [5.41, 5.74) is 6.13. The van der Waals surface area contributed by atoms with Gasteiger partial charge >= 0.3 is 12.0 Å². The lowest BCUT2D eigenvalue weighted by molar-refractivity contribution is -0.136. The molecule has 2 amide bonds. The number of aliphatic hydroxyl groups excluding tert-OH is 1. The first-order valence-electron chi connectivity index (χ1n) is 12.4. The zero-order chi connectivity index (χ0) is 27.9. The number of methoxy groups -OCH3 is 1. The van der Waals surface area contributed by atoms with Crippen molar-refractivity contribution in [2.24, 2.45) is 5.10 Å². The highest BCUT2D eigenvalue weighted by molar-refractivity contribution is 5.95. The molecule has 0 fully saturated rings. The van der Waals surface area contributed by atoms with Crippen LogP contribution in [0.3, 0.4) is 0 Å². The Morgan fingerprint density at radius 2 is 1.87 bits per heavy atom. The number of rotatable bonds is 10. The van der Waals surface area contributed by atoms with E-state index in [0.29, 0.717) is 29.4 Å². The highest BCUT2D eigenvalue weighted by Crippen LogP contribution is 2.35. The van der Waals surface area contributed by atoms with Gasteiger partial charge in [-0.15, -0.1) is 0 Å². The van der Waals surface area contributed by atoms with E-state index in [2.05, 4.69) is 54.1 Å². The summed E-state index contributed by atoms with van der Waals surface area (Å²) >= 11 is 0. The molecule has 0 aliphatic carbocycles. The molecule has 204 valence electrons. The second kappa shape index (κ2) is 12.5. The Hall–Kier alpha value is -4.05. The third kappa shape index (κ3) is 7.25. The van der Waals surface area contributed by atoms with Gasteiger partial charge in [-0.05, 0) is 48.1 Å². The third-order valence-corrected chi connectivity index (χ3v) is 5.89. The largest absolute Gasteiger partial charge is 0.490 e. The van der Waals surface area contributed by atoms with E-state index >= 15 is 0 Å². The lowest BCUT2D eigenvalue weighted by Gasteiger charge is -2.28. The van der Waals surface area contributed by atoms with E-state index < -0.39 is 24.3 Å². The monoisotopic (exact) mass is 524 g/mol. The molecule has 10 heteroatoms. The molecule has 0 bridgehead atoms. The van der Waals surface area contributed by atoms with Gasteiger partial charge in [-0.2, -0.15) is 5.10 Å². The fourth-order valence-corrected chi connectivity index (χ4v) is 3.89. The minimum Gasteiger partial charge on any atom is -0.490 e. The number of benzene rings is 2. The van der Waals surface area contributed by atoms with Crippen LogP contribution in [0.1, 0.15) is 57.4 Å². The van der Waals surface area contributed by atoms with Gasteiger partial charge in [0.05, 0.1) is 31.5 Å². The minimum absolute atomic E-state index is 0.0703. The predicted octanol–water partition coefficient (Wildman–Crippen LogP) is 3.50. The summed E-state index contributed by atoms with van der Waals surface area (Å²) in [6, 6.07) is 11.9. The van der Waals surface area contributed by atoms with Crippen LogP contribution in [0.5, 0.6) is 11.5 Å². The molecule has 38 heavy (non-hydrogen) atoms. The molecule has 0 aromatic heterocycles. The number of allylic oxidation sites excluding steroid dienone is 1. The SMILES string of the molecule is CCOc1cc([C@H]2NC(=O)NC(C)=C2C(=O)OC)ccc1OC[C@H](O)N/N=C\c1ccc(C(C)(C)C)cc1. The summed E-state index contributed by atoms with van der Waals surface area (Å²) in [7, 11) is 1.28. The summed E-state index contributed by atoms with van der Waals surface area (Å²) in [5, 5.41) is 19.7. The summed E-state index contributed by atoms with van der Waals surface area (Å²) in [6.07, 6.45) is 0.548. The van der Waals surface area contributed by atoms with E-state index in [1.807, 2.05) is 19.1 Å². The van der Waals surface area contributed by atoms with Crippen molar-refractivity contribution in [1.29, 1.82) is 0 Å². The first-order valence-corrected chi connectivity index (χ1v) is 12.4. The fraction of sp³-hybridized carbons (Fsp3) is 0.393. The Morgan fingerprint density at radius 1 is 1.16 bits per heavy atom. The Balaban J connectivity index is 1.67. The smallest absolute Gasteiger partial charge is 0.337 e. The second-order valence-electron chi connectivity index (χ2n) is 9.79. The molecule has 1 aliphatic rings. The number of urea groups is 1. The fourth-order valence-electron chi connectivity index (χ4n) is 3.89. The van der Waals surface area contributed by atoms with Gasteiger partial charge in [-0.1, -0.05) is 51.1 Å². The Labute approximate surface area is 223 Å². The molecule has 10 nitrogen and oxygen atoms in total. The van der Waals surface area contributed by atoms with E-state index in [1.165, 1.54) is 12.7 Å². The number of nitrogens with one attached hydrogen (secondary N) is 3. The standard InChI is InChI=1S/C28H36N4O6/c1-7-37-22-14-19(25-24(26(34)36-6)17(2)30-27(35)31-25)10-13-21(22)38-16-23(33)32-29-15-18-8-11-20(12-9-18)28(3,4)5/h8-15,23,25,32-33H,7,16H2,1-6H3,(H2,30,31,35)/b29-15-/t23-,25+/m0/s1. The molecular formula is C28H36N4O6. The van der Waals surface area contributed by atoms with Crippen LogP contribution >= 0.6 is 0 Å². The predicted molar refractivity (Wildman–Crippen MR) is 144 cm³/mol. The van der Waals surface area contributed by atoms with Crippen molar-refractivity contribution in [3.63, 3.8) is 0 Å². The first kappa shape index (κ1) is 28.5. The van der Waals surface area contributed by atoms with Crippen molar-refractivity contribution in [3.8, 4) is 11.5 Å². The lowest BCUT2D eigenvalue weighted by Crippen LogP contribution is -2.45. The van der Waals surface area contributed by atoms with Gasteiger partial charge in [-0.3, -0.25) is 5.43 Å². The summed E-state index contributed by atoms with van der Waals surface area (Å²) in [5.74, 6) is 0.228.